The average molecular weight is 258 g/mol. The molecule has 98 valence electrons. The Morgan fingerprint density at radius 3 is 2.42 bits per heavy atom. The molecule has 1 aliphatic heterocycles. The minimum absolute atomic E-state index is 0.0242. The minimum Gasteiger partial charge on any atom is -0.442 e. The fraction of sp³-hybridized carbons (Fsp3) is 0.462. The van der Waals surface area contributed by atoms with E-state index in [1.165, 1.54) is 0 Å². The lowest BCUT2D eigenvalue weighted by Crippen LogP contribution is -2.35. The standard InChI is InChI=1S/C13H14N4O2/c1-4-8(2)18-13(3)11(9(5-14)6-15)10(7-16)12(17)19-13/h8H,4,17H2,1-3H3. The third-order valence-corrected chi connectivity index (χ3v) is 2.84. The van der Waals surface area contributed by atoms with E-state index in [9.17, 15) is 0 Å². The van der Waals surface area contributed by atoms with Crippen LogP contribution < -0.4 is 5.73 Å². The molecule has 2 atom stereocenters. The van der Waals surface area contributed by atoms with Gasteiger partial charge in [-0.25, -0.2) is 0 Å². The molecule has 2 N–H and O–H groups in total. The zero-order valence-electron chi connectivity index (χ0n) is 11.0. The third kappa shape index (κ3) is 2.52. The van der Waals surface area contributed by atoms with Gasteiger partial charge in [0.25, 0.3) is 0 Å². The fourth-order valence-electron chi connectivity index (χ4n) is 1.81. The summed E-state index contributed by atoms with van der Waals surface area (Å²) < 4.78 is 11.1. The molecular formula is C13H14N4O2. The summed E-state index contributed by atoms with van der Waals surface area (Å²) in [6.45, 7) is 5.29. The lowest BCUT2D eigenvalue weighted by Gasteiger charge is -2.29. The lowest BCUT2D eigenvalue weighted by atomic mass is 9.96. The summed E-state index contributed by atoms with van der Waals surface area (Å²) >= 11 is 0. The summed E-state index contributed by atoms with van der Waals surface area (Å²) in [5.41, 5.74) is 5.46. The minimum atomic E-state index is -1.38. The van der Waals surface area contributed by atoms with Gasteiger partial charge in [-0.15, -0.1) is 0 Å². The van der Waals surface area contributed by atoms with Gasteiger partial charge < -0.3 is 15.2 Å². The largest absolute Gasteiger partial charge is 0.442 e. The van der Waals surface area contributed by atoms with Crippen molar-refractivity contribution in [3.05, 3.63) is 22.6 Å². The highest BCUT2D eigenvalue weighted by atomic mass is 16.7. The van der Waals surface area contributed by atoms with Gasteiger partial charge in [-0.05, 0) is 13.3 Å². The second kappa shape index (κ2) is 5.44. The van der Waals surface area contributed by atoms with E-state index in [0.717, 1.165) is 0 Å². The summed E-state index contributed by atoms with van der Waals surface area (Å²) in [5.74, 6) is -1.52. The third-order valence-electron chi connectivity index (χ3n) is 2.84. The van der Waals surface area contributed by atoms with Crippen molar-refractivity contribution in [1.82, 2.24) is 0 Å². The van der Waals surface area contributed by atoms with Gasteiger partial charge in [0, 0.05) is 6.92 Å². The second-order valence-electron chi connectivity index (χ2n) is 4.21. The maximum Gasteiger partial charge on any atom is 0.240 e. The molecule has 0 spiro atoms. The number of rotatable bonds is 3. The van der Waals surface area contributed by atoms with E-state index in [-0.39, 0.29) is 28.7 Å². The van der Waals surface area contributed by atoms with Crippen molar-refractivity contribution in [2.75, 3.05) is 0 Å². The van der Waals surface area contributed by atoms with Crippen molar-refractivity contribution in [2.24, 2.45) is 5.73 Å². The zero-order chi connectivity index (χ0) is 14.6. The molecule has 0 saturated heterocycles. The van der Waals surface area contributed by atoms with Crippen LogP contribution in [-0.2, 0) is 9.47 Å². The van der Waals surface area contributed by atoms with Crippen LogP contribution in [0.15, 0.2) is 22.6 Å². The normalized spacial score (nSPS) is 23.1. The van der Waals surface area contributed by atoms with Crippen LogP contribution in [0.2, 0.25) is 0 Å². The molecule has 0 saturated carbocycles. The number of nitrogens with zero attached hydrogens (tertiary/aromatic N) is 3. The Kier molecular flexibility index (Phi) is 4.17. The quantitative estimate of drug-likeness (QED) is 0.768. The first-order chi connectivity index (χ1) is 8.93. The molecule has 1 rings (SSSR count). The van der Waals surface area contributed by atoms with Crippen LogP contribution in [0.3, 0.4) is 0 Å². The van der Waals surface area contributed by atoms with E-state index in [2.05, 4.69) is 0 Å². The van der Waals surface area contributed by atoms with Gasteiger partial charge in [0.2, 0.25) is 11.7 Å². The summed E-state index contributed by atoms with van der Waals surface area (Å²) in [7, 11) is 0. The van der Waals surface area contributed by atoms with E-state index in [1.54, 1.807) is 19.1 Å². The smallest absolute Gasteiger partial charge is 0.240 e. The Hall–Kier alpha value is -2.49. The lowest BCUT2D eigenvalue weighted by molar-refractivity contribution is -0.190. The number of allylic oxidation sites excluding steroid dienone is 1. The number of hydrogen-bond acceptors (Lipinski definition) is 6. The Labute approximate surface area is 111 Å². The van der Waals surface area contributed by atoms with Crippen LogP contribution in [0.1, 0.15) is 27.2 Å². The van der Waals surface area contributed by atoms with Gasteiger partial charge in [-0.1, -0.05) is 6.92 Å². The monoisotopic (exact) mass is 258 g/mol. The Balaban J connectivity index is 3.40. The Morgan fingerprint density at radius 2 is 2.00 bits per heavy atom. The van der Waals surface area contributed by atoms with E-state index in [0.29, 0.717) is 6.42 Å². The highest BCUT2D eigenvalue weighted by molar-refractivity contribution is 5.59. The first kappa shape index (κ1) is 14.6. The highest BCUT2D eigenvalue weighted by Crippen LogP contribution is 2.40. The molecule has 0 aromatic rings. The van der Waals surface area contributed by atoms with Crippen molar-refractivity contribution in [3.8, 4) is 18.2 Å². The molecular weight excluding hydrogens is 244 g/mol. The summed E-state index contributed by atoms with van der Waals surface area (Å²) in [6, 6.07) is 5.33. The Bertz CT molecular complexity index is 555. The van der Waals surface area contributed by atoms with Gasteiger partial charge in [0.15, 0.2) is 0 Å². The van der Waals surface area contributed by atoms with Crippen LogP contribution in [-0.4, -0.2) is 11.9 Å². The maximum atomic E-state index is 9.09. The molecule has 0 aromatic heterocycles. The summed E-state index contributed by atoms with van der Waals surface area (Å²) in [4.78, 5) is 0. The maximum absolute atomic E-state index is 9.09. The molecule has 0 bridgehead atoms. The topological polar surface area (TPSA) is 116 Å². The van der Waals surface area contributed by atoms with Crippen molar-refractivity contribution < 1.29 is 9.47 Å². The van der Waals surface area contributed by atoms with Crippen LogP contribution in [0.4, 0.5) is 0 Å². The van der Waals surface area contributed by atoms with Crippen LogP contribution in [0.25, 0.3) is 0 Å². The van der Waals surface area contributed by atoms with Gasteiger partial charge in [-0.3, -0.25) is 0 Å². The first-order valence-corrected chi connectivity index (χ1v) is 5.75. The molecule has 0 radical (unpaired) electrons. The van der Waals surface area contributed by atoms with Crippen LogP contribution in [0, 0.1) is 34.0 Å². The molecule has 6 heteroatoms. The SMILES string of the molecule is CCC(C)OC1(C)OC(N)=C(C#N)C1=C(C#N)C#N. The van der Waals surface area contributed by atoms with Gasteiger partial charge in [0.1, 0.15) is 29.4 Å². The molecule has 1 aliphatic rings. The highest BCUT2D eigenvalue weighted by Gasteiger charge is 2.46. The molecule has 0 fully saturated rings. The van der Waals surface area contributed by atoms with Gasteiger partial charge in [0.05, 0.1) is 11.7 Å². The zero-order valence-corrected chi connectivity index (χ0v) is 11.0. The van der Waals surface area contributed by atoms with Crippen molar-refractivity contribution in [3.63, 3.8) is 0 Å². The molecule has 0 aromatic carbocycles. The average Bonchev–Trinajstić information content (AvgIpc) is 2.62. The van der Waals surface area contributed by atoms with Crippen molar-refractivity contribution in [1.29, 1.82) is 15.8 Å². The van der Waals surface area contributed by atoms with Crippen molar-refractivity contribution >= 4 is 0 Å². The molecule has 1 heterocycles. The first-order valence-electron chi connectivity index (χ1n) is 5.75. The number of ether oxygens (including phenoxy) is 2. The predicted octanol–water partition coefficient (Wildman–Crippen LogP) is 1.59. The number of nitrogens with two attached hydrogens (primary N) is 1. The van der Waals surface area contributed by atoms with E-state index in [4.69, 9.17) is 31.0 Å². The summed E-state index contributed by atoms with van der Waals surface area (Å²) in [5, 5.41) is 27.1. The second-order valence-corrected chi connectivity index (χ2v) is 4.21. The molecule has 19 heavy (non-hydrogen) atoms. The van der Waals surface area contributed by atoms with Crippen LogP contribution in [0.5, 0.6) is 0 Å². The van der Waals surface area contributed by atoms with E-state index in [1.807, 2.05) is 19.9 Å². The van der Waals surface area contributed by atoms with Crippen LogP contribution >= 0.6 is 0 Å². The van der Waals surface area contributed by atoms with Gasteiger partial charge >= 0.3 is 0 Å². The van der Waals surface area contributed by atoms with E-state index < -0.39 is 5.79 Å². The van der Waals surface area contributed by atoms with Crippen molar-refractivity contribution in [2.45, 2.75) is 39.1 Å². The molecule has 0 amide bonds. The number of hydrogen-bond donors (Lipinski definition) is 1. The summed E-state index contributed by atoms with van der Waals surface area (Å²) in [6.07, 6.45) is 0.534. The fourth-order valence-corrected chi connectivity index (χ4v) is 1.81. The Morgan fingerprint density at radius 1 is 1.42 bits per heavy atom. The molecule has 2 unspecified atom stereocenters. The predicted molar refractivity (Wildman–Crippen MR) is 65.4 cm³/mol. The van der Waals surface area contributed by atoms with Gasteiger partial charge in [-0.2, -0.15) is 15.8 Å². The number of nitriles is 3. The molecule has 6 nitrogen and oxygen atoms in total. The van der Waals surface area contributed by atoms with E-state index >= 15 is 0 Å². The molecule has 0 aliphatic carbocycles.